The second kappa shape index (κ2) is 5.71. The number of ether oxygens (including phenoxy) is 1. The van der Waals surface area contributed by atoms with Gasteiger partial charge in [-0.2, -0.15) is 0 Å². The van der Waals surface area contributed by atoms with Gasteiger partial charge in [0, 0.05) is 11.5 Å². The summed E-state index contributed by atoms with van der Waals surface area (Å²) in [5.74, 6) is 6.99. The van der Waals surface area contributed by atoms with E-state index in [1.54, 1.807) is 0 Å². The first-order chi connectivity index (χ1) is 13.1. The van der Waals surface area contributed by atoms with E-state index in [1.165, 1.54) is 16.6 Å². The van der Waals surface area contributed by atoms with E-state index in [9.17, 15) is 0 Å². The average Bonchev–Trinajstić information content (AvgIpc) is 2.70. The molecular weight excluding hydrogens is 336 g/mol. The van der Waals surface area contributed by atoms with Gasteiger partial charge >= 0.3 is 0 Å². The zero-order valence-electron chi connectivity index (χ0n) is 14.8. The SMILES string of the molecule is Cc1ccc([C@@H]2c3c(ncn(N)c3=N)Oc3ccc4ccccc4c32)cc1. The van der Waals surface area contributed by atoms with E-state index in [0.717, 1.165) is 27.6 Å². The van der Waals surface area contributed by atoms with Crippen molar-refractivity contribution in [3.05, 3.63) is 94.7 Å². The molecule has 0 radical (unpaired) electrons. The standard InChI is InChI=1S/C22H18N4O/c1-13-6-8-15(9-7-13)18-19-16-5-3-2-4-14(16)10-11-17(19)27-22-20(18)21(23)26(24)12-25-22/h2-12,18,23H,24H2,1H3/t18-/m0/s1. The van der Waals surface area contributed by atoms with E-state index in [2.05, 4.69) is 54.4 Å². The Morgan fingerprint density at radius 2 is 1.78 bits per heavy atom. The quantitative estimate of drug-likeness (QED) is 0.449. The molecule has 0 spiro atoms. The van der Waals surface area contributed by atoms with Gasteiger partial charge in [-0.15, -0.1) is 0 Å². The van der Waals surface area contributed by atoms with E-state index < -0.39 is 0 Å². The third kappa shape index (κ3) is 2.32. The minimum atomic E-state index is -0.175. The monoisotopic (exact) mass is 354 g/mol. The van der Waals surface area contributed by atoms with Crippen LogP contribution in [0.5, 0.6) is 11.6 Å². The number of benzene rings is 3. The molecule has 0 amide bonds. The van der Waals surface area contributed by atoms with Crippen LogP contribution >= 0.6 is 0 Å². The van der Waals surface area contributed by atoms with Crippen molar-refractivity contribution in [1.29, 1.82) is 5.41 Å². The van der Waals surface area contributed by atoms with Gasteiger partial charge in [0.2, 0.25) is 5.88 Å². The lowest BCUT2D eigenvalue weighted by atomic mass is 9.81. The molecule has 1 aliphatic rings. The summed E-state index contributed by atoms with van der Waals surface area (Å²) in [5, 5.41) is 10.8. The van der Waals surface area contributed by atoms with E-state index >= 15 is 0 Å². The number of hydrogen-bond donors (Lipinski definition) is 2. The lowest BCUT2D eigenvalue weighted by Gasteiger charge is -2.29. The molecule has 3 aromatic carbocycles. The number of nitrogen functional groups attached to an aromatic ring is 1. The smallest absolute Gasteiger partial charge is 0.228 e. The van der Waals surface area contributed by atoms with Crippen molar-refractivity contribution in [3.63, 3.8) is 0 Å². The lowest BCUT2D eigenvalue weighted by molar-refractivity contribution is 0.427. The Labute approximate surface area is 156 Å². The first-order valence-corrected chi connectivity index (χ1v) is 8.81. The van der Waals surface area contributed by atoms with Gasteiger partial charge in [0.15, 0.2) is 5.49 Å². The molecule has 27 heavy (non-hydrogen) atoms. The maximum absolute atomic E-state index is 8.56. The fourth-order valence-corrected chi connectivity index (χ4v) is 3.83. The Bertz CT molecular complexity index is 1240. The number of aromatic nitrogens is 2. The van der Waals surface area contributed by atoms with Crippen LogP contribution in [0.3, 0.4) is 0 Å². The van der Waals surface area contributed by atoms with Gasteiger partial charge in [-0.25, -0.2) is 9.66 Å². The summed E-state index contributed by atoms with van der Waals surface area (Å²) in [6, 6.07) is 20.7. The van der Waals surface area contributed by atoms with Gasteiger partial charge < -0.3 is 10.6 Å². The van der Waals surface area contributed by atoms with Crippen LogP contribution in [0.1, 0.15) is 28.2 Å². The van der Waals surface area contributed by atoms with Crippen LogP contribution in [-0.4, -0.2) is 9.66 Å². The third-order valence-corrected chi connectivity index (χ3v) is 5.17. The second-order valence-electron chi connectivity index (χ2n) is 6.86. The van der Waals surface area contributed by atoms with Crippen molar-refractivity contribution < 1.29 is 4.74 Å². The van der Waals surface area contributed by atoms with Gasteiger partial charge in [-0.05, 0) is 29.3 Å². The predicted molar refractivity (Wildman–Crippen MR) is 104 cm³/mol. The molecule has 132 valence electrons. The molecule has 0 saturated heterocycles. The molecule has 5 nitrogen and oxygen atoms in total. The van der Waals surface area contributed by atoms with Crippen LogP contribution in [0.15, 0.2) is 67.0 Å². The highest BCUT2D eigenvalue weighted by Gasteiger charge is 2.33. The number of fused-ring (bicyclic) bond motifs is 4. The topological polar surface area (TPSA) is 76.9 Å². The molecule has 1 atom stereocenters. The Morgan fingerprint density at radius 3 is 2.59 bits per heavy atom. The number of nitrogens with zero attached hydrogens (tertiary/aromatic N) is 2. The summed E-state index contributed by atoms with van der Waals surface area (Å²) in [4.78, 5) is 4.35. The molecule has 5 heteroatoms. The Balaban J connectivity index is 1.90. The molecule has 4 aromatic rings. The van der Waals surface area contributed by atoms with Crippen LogP contribution in [0, 0.1) is 12.3 Å². The maximum Gasteiger partial charge on any atom is 0.228 e. The van der Waals surface area contributed by atoms with Gasteiger partial charge in [-0.1, -0.05) is 60.2 Å². The third-order valence-electron chi connectivity index (χ3n) is 5.17. The molecule has 0 fully saturated rings. The normalized spacial score (nSPS) is 15.1. The number of rotatable bonds is 1. The summed E-state index contributed by atoms with van der Waals surface area (Å²) in [7, 11) is 0. The number of nitrogens with two attached hydrogens (primary N) is 1. The van der Waals surface area contributed by atoms with Crippen molar-refractivity contribution in [2.24, 2.45) is 0 Å². The first kappa shape index (κ1) is 15.6. The largest absolute Gasteiger partial charge is 0.438 e. The Kier molecular flexibility index (Phi) is 3.31. The van der Waals surface area contributed by atoms with Crippen LogP contribution in [0.2, 0.25) is 0 Å². The number of aryl methyl sites for hydroxylation is 1. The Morgan fingerprint density at radius 1 is 1.00 bits per heavy atom. The molecule has 2 heterocycles. The molecule has 1 aliphatic heterocycles. The molecule has 0 bridgehead atoms. The van der Waals surface area contributed by atoms with Crippen molar-refractivity contribution in [2.75, 3.05) is 5.84 Å². The summed E-state index contributed by atoms with van der Waals surface area (Å²) in [6.07, 6.45) is 1.42. The van der Waals surface area contributed by atoms with Gasteiger partial charge in [-0.3, -0.25) is 5.41 Å². The van der Waals surface area contributed by atoms with Crippen molar-refractivity contribution in [3.8, 4) is 11.6 Å². The van der Waals surface area contributed by atoms with E-state index in [1.807, 2.05) is 18.2 Å². The summed E-state index contributed by atoms with van der Waals surface area (Å²) >= 11 is 0. The number of nitrogens with one attached hydrogen (secondary N) is 1. The van der Waals surface area contributed by atoms with Gasteiger partial charge in [0.05, 0.1) is 5.56 Å². The molecule has 0 saturated carbocycles. The zero-order valence-corrected chi connectivity index (χ0v) is 14.8. The van der Waals surface area contributed by atoms with Gasteiger partial charge in [0.1, 0.15) is 12.1 Å². The van der Waals surface area contributed by atoms with E-state index in [4.69, 9.17) is 16.0 Å². The van der Waals surface area contributed by atoms with E-state index in [0.29, 0.717) is 11.4 Å². The summed E-state index contributed by atoms with van der Waals surface area (Å²) < 4.78 is 7.33. The zero-order chi connectivity index (χ0) is 18.5. The highest BCUT2D eigenvalue weighted by atomic mass is 16.5. The van der Waals surface area contributed by atoms with Crippen LogP contribution in [-0.2, 0) is 0 Å². The second-order valence-corrected chi connectivity index (χ2v) is 6.86. The minimum Gasteiger partial charge on any atom is -0.438 e. The van der Waals surface area contributed by atoms with Gasteiger partial charge in [0.25, 0.3) is 0 Å². The highest BCUT2D eigenvalue weighted by molar-refractivity contribution is 5.90. The van der Waals surface area contributed by atoms with Crippen molar-refractivity contribution >= 4 is 10.8 Å². The molecule has 5 rings (SSSR count). The molecule has 3 N–H and O–H groups in total. The van der Waals surface area contributed by atoms with E-state index in [-0.39, 0.29) is 11.4 Å². The maximum atomic E-state index is 8.56. The fourth-order valence-electron chi connectivity index (χ4n) is 3.83. The molecular formula is C22H18N4O. The lowest BCUT2D eigenvalue weighted by Crippen LogP contribution is -2.33. The molecule has 0 unspecified atom stereocenters. The Hall–Kier alpha value is -3.60. The average molecular weight is 354 g/mol. The van der Waals surface area contributed by atoms with Crippen molar-refractivity contribution in [2.45, 2.75) is 12.8 Å². The summed E-state index contributed by atoms with van der Waals surface area (Å²) in [6.45, 7) is 2.07. The fraction of sp³-hybridized carbons (Fsp3) is 0.0909. The minimum absolute atomic E-state index is 0.175. The highest BCUT2D eigenvalue weighted by Crippen LogP contribution is 2.47. The first-order valence-electron chi connectivity index (χ1n) is 8.81. The van der Waals surface area contributed by atoms with Crippen molar-refractivity contribution in [1.82, 2.24) is 9.66 Å². The predicted octanol–water partition coefficient (Wildman–Crippen LogP) is 3.82. The molecule has 0 aliphatic carbocycles. The van der Waals surface area contributed by atoms with Crippen LogP contribution in [0.25, 0.3) is 10.8 Å². The number of hydrogen-bond acceptors (Lipinski definition) is 4. The van der Waals surface area contributed by atoms with Crippen LogP contribution in [0.4, 0.5) is 0 Å². The van der Waals surface area contributed by atoms with Crippen LogP contribution < -0.4 is 16.1 Å². The molecule has 1 aromatic heterocycles. The summed E-state index contributed by atoms with van der Waals surface area (Å²) in [5.41, 5.74) is 4.21.